The molecule has 0 fully saturated rings. The Morgan fingerprint density at radius 3 is 3.50 bits per heavy atom. The predicted octanol–water partition coefficient (Wildman–Crippen LogP) is 0.274. The monoisotopic (exact) mass is 138 g/mol. The maximum absolute atomic E-state index is 8.92. The number of hydrogen-bond donors (Lipinski definition) is 2. The standard InChI is InChI=1S/C5H6N4O/c10-9-2-4-1-7-8-5(4)6-3-9/h1,3,10H,2H2,(H,7,8). The highest BCUT2D eigenvalue weighted by molar-refractivity contribution is 5.62. The quantitative estimate of drug-likeness (QED) is 0.541. The Bertz CT molecular complexity index is 266. The van der Waals surface area contributed by atoms with Crippen LogP contribution < -0.4 is 0 Å². The number of fused-ring (bicyclic) bond motifs is 1. The van der Waals surface area contributed by atoms with Gasteiger partial charge in [0.1, 0.15) is 6.34 Å². The second kappa shape index (κ2) is 1.81. The van der Waals surface area contributed by atoms with Crippen LogP contribution >= 0.6 is 0 Å². The van der Waals surface area contributed by atoms with Crippen molar-refractivity contribution in [2.24, 2.45) is 4.99 Å². The van der Waals surface area contributed by atoms with Crippen molar-refractivity contribution in [2.75, 3.05) is 0 Å². The summed E-state index contributed by atoms with van der Waals surface area (Å²) >= 11 is 0. The molecule has 0 saturated heterocycles. The number of aromatic nitrogens is 2. The number of nitrogens with one attached hydrogen (secondary N) is 1. The number of H-pyrrole nitrogens is 1. The molecular weight excluding hydrogens is 132 g/mol. The van der Waals surface area contributed by atoms with Crippen molar-refractivity contribution in [3.05, 3.63) is 11.8 Å². The average Bonchev–Trinajstić information content (AvgIpc) is 2.33. The van der Waals surface area contributed by atoms with Crippen molar-refractivity contribution in [1.29, 1.82) is 0 Å². The molecule has 2 heterocycles. The Balaban J connectivity index is 2.43. The van der Waals surface area contributed by atoms with E-state index in [0.717, 1.165) is 16.4 Å². The van der Waals surface area contributed by atoms with Crippen molar-refractivity contribution < 1.29 is 5.21 Å². The van der Waals surface area contributed by atoms with Gasteiger partial charge in [-0.05, 0) is 0 Å². The molecule has 0 saturated carbocycles. The van der Waals surface area contributed by atoms with E-state index in [-0.39, 0.29) is 0 Å². The van der Waals surface area contributed by atoms with Crippen LogP contribution in [0.2, 0.25) is 0 Å². The lowest BCUT2D eigenvalue weighted by Gasteiger charge is -2.13. The van der Waals surface area contributed by atoms with Gasteiger partial charge in [0.15, 0.2) is 5.82 Å². The van der Waals surface area contributed by atoms with Crippen LogP contribution in [0.15, 0.2) is 11.2 Å². The van der Waals surface area contributed by atoms with Crippen LogP contribution in [-0.4, -0.2) is 26.8 Å². The number of aromatic amines is 1. The smallest absolute Gasteiger partial charge is 0.154 e. The van der Waals surface area contributed by atoms with E-state index >= 15 is 0 Å². The minimum atomic E-state index is 0.454. The fourth-order valence-electron chi connectivity index (χ4n) is 0.872. The van der Waals surface area contributed by atoms with Gasteiger partial charge in [0.05, 0.1) is 12.7 Å². The van der Waals surface area contributed by atoms with E-state index in [2.05, 4.69) is 15.2 Å². The van der Waals surface area contributed by atoms with E-state index in [4.69, 9.17) is 5.21 Å². The fraction of sp³-hybridized carbons (Fsp3) is 0.200. The number of hydrogen-bond acceptors (Lipinski definition) is 4. The number of hydroxylamine groups is 2. The molecule has 5 heteroatoms. The van der Waals surface area contributed by atoms with E-state index in [1.807, 2.05) is 0 Å². The summed E-state index contributed by atoms with van der Waals surface area (Å²) in [7, 11) is 0. The minimum Gasteiger partial charge on any atom is -0.287 e. The van der Waals surface area contributed by atoms with Crippen LogP contribution in [0.25, 0.3) is 0 Å². The lowest BCUT2D eigenvalue weighted by molar-refractivity contribution is -0.0178. The highest BCUT2D eigenvalue weighted by atomic mass is 16.5. The normalized spacial score (nSPS) is 15.5. The maximum Gasteiger partial charge on any atom is 0.154 e. The van der Waals surface area contributed by atoms with Gasteiger partial charge in [-0.2, -0.15) is 5.10 Å². The van der Waals surface area contributed by atoms with Crippen molar-refractivity contribution in [1.82, 2.24) is 15.3 Å². The summed E-state index contributed by atoms with van der Waals surface area (Å²) in [6.45, 7) is 0.454. The van der Waals surface area contributed by atoms with E-state index in [9.17, 15) is 0 Å². The second-order valence-corrected chi connectivity index (χ2v) is 2.09. The lowest BCUT2D eigenvalue weighted by atomic mass is 10.3. The molecule has 1 aliphatic heterocycles. The van der Waals surface area contributed by atoms with Crippen molar-refractivity contribution in [3.63, 3.8) is 0 Å². The first-order chi connectivity index (χ1) is 4.86. The van der Waals surface area contributed by atoms with E-state index in [1.54, 1.807) is 6.20 Å². The molecule has 52 valence electrons. The molecule has 1 aromatic heterocycles. The molecule has 0 amide bonds. The zero-order chi connectivity index (χ0) is 6.97. The number of nitrogens with zero attached hydrogens (tertiary/aromatic N) is 3. The molecule has 0 aliphatic carbocycles. The van der Waals surface area contributed by atoms with Crippen molar-refractivity contribution >= 4 is 12.2 Å². The van der Waals surface area contributed by atoms with Gasteiger partial charge >= 0.3 is 0 Å². The van der Waals surface area contributed by atoms with E-state index < -0.39 is 0 Å². The van der Waals surface area contributed by atoms with Crippen LogP contribution in [-0.2, 0) is 6.54 Å². The Labute approximate surface area is 57.0 Å². The molecule has 0 unspecified atom stereocenters. The molecule has 2 N–H and O–H groups in total. The first-order valence-electron chi connectivity index (χ1n) is 2.88. The summed E-state index contributed by atoms with van der Waals surface area (Å²) in [5, 5.41) is 16.4. The molecule has 5 nitrogen and oxygen atoms in total. The van der Waals surface area contributed by atoms with Crippen LogP contribution in [0, 0.1) is 0 Å². The van der Waals surface area contributed by atoms with Gasteiger partial charge in [-0.15, -0.1) is 0 Å². The van der Waals surface area contributed by atoms with Gasteiger partial charge in [-0.1, -0.05) is 0 Å². The molecule has 0 atom stereocenters. The number of rotatable bonds is 0. The molecule has 0 spiro atoms. The Hall–Kier alpha value is -1.36. The topological polar surface area (TPSA) is 64.5 Å². The summed E-state index contributed by atoms with van der Waals surface area (Å²) in [6, 6.07) is 0. The van der Waals surface area contributed by atoms with Gasteiger partial charge in [-0.25, -0.2) is 10.1 Å². The zero-order valence-electron chi connectivity index (χ0n) is 5.15. The van der Waals surface area contributed by atoms with Gasteiger partial charge in [0.25, 0.3) is 0 Å². The van der Waals surface area contributed by atoms with Crippen molar-refractivity contribution in [2.45, 2.75) is 6.54 Å². The van der Waals surface area contributed by atoms with Crippen LogP contribution in [0.5, 0.6) is 0 Å². The average molecular weight is 138 g/mol. The van der Waals surface area contributed by atoms with Crippen LogP contribution in [0.4, 0.5) is 5.82 Å². The highest BCUT2D eigenvalue weighted by Crippen LogP contribution is 2.18. The summed E-state index contributed by atoms with van der Waals surface area (Å²) < 4.78 is 0. The van der Waals surface area contributed by atoms with Gasteiger partial charge in [-0.3, -0.25) is 10.3 Å². The SMILES string of the molecule is ON1C=Nc2[nH]ncc2C1. The molecule has 0 bridgehead atoms. The zero-order valence-corrected chi connectivity index (χ0v) is 5.15. The summed E-state index contributed by atoms with van der Waals surface area (Å²) in [5.41, 5.74) is 0.907. The molecule has 1 aromatic rings. The third-order valence-corrected chi connectivity index (χ3v) is 1.35. The Kier molecular flexibility index (Phi) is 0.983. The number of aliphatic imine (C=N–C) groups is 1. The largest absolute Gasteiger partial charge is 0.287 e. The predicted molar refractivity (Wildman–Crippen MR) is 34.1 cm³/mol. The third kappa shape index (κ3) is 0.679. The first kappa shape index (κ1) is 5.43. The first-order valence-corrected chi connectivity index (χ1v) is 2.88. The summed E-state index contributed by atoms with van der Waals surface area (Å²) in [5.74, 6) is 0.727. The summed E-state index contributed by atoms with van der Waals surface area (Å²) in [4.78, 5) is 3.87. The Morgan fingerprint density at radius 1 is 1.70 bits per heavy atom. The van der Waals surface area contributed by atoms with Crippen LogP contribution in [0.1, 0.15) is 5.56 Å². The van der Waals surface area contributed by atoms with E-state index in [0.29, 0.717) is 6.54 Å². The van der Waals surface area contributed by atoms with Crippen LogP contribution in [0.3, 0.4) is 0 Å². The second-order valence-electron chi connectivity index (χ2n) is 2.09. The maximum atomic E-state index is 8.92. The molecule has 0 aromatic carbocycles. The Morgan fingerprint density at radius 2 is 2.60 bits per heavy atom. The molecule has 1 aliphatic rings. The van der Waals surface area contributed by atoms with Gasteiger partial charge in [0, 0.05) is 5.56 Å². The molecule has 2 rings (SSSR count). The summed E-state index contributed by atoms with van der Waals surface area (Å²) in [6.07, 6.45) is 3.00. The minimum absolute atomic E-state index is 0.454. The fourth-order valence-corrected chi connectivity index (χ4v) is 0.872. The molecule has 10 heavy (non-hydrogen) atoms. The van der Waals surface area contributed by atoms with Gasteiger partial charge < -0.3 is 0 Å². The van der Waals surface area contributed by atoms with Gasteiger partial charge in [0.2, 0.25) is 0 Å². The van der Waals surface area contributed by atoms with Crippen molar-refractivity contribution in [3.8, 4) is 0 Å². The third-order valence-electron chi connectivity index (χ3n) is 1.35. The molecule has 0 radical (unpaired) electrons. The van der Waals surface area contributed by atoms with E-state index in [1.165, 1.54) is 6.34 Å². The lowest BCUT2D eigenvalue weighted by Crippen LogP contribution is -2.18. The molecular formula is C5H6N4O. The highest BCUT2D eigenvalue weighted by Gasteiger charge is 2.10.